The smallest absolute Gasteiger partial charge is 0.347 e. The van der Waals surface area contributed by atoms with Gasteiger partial charge in [-0.25, -0.2) is 4.79 Å². The molecule has 0 aliphatic carbocycles. The van der Waals surface area contributed by atoms with E-state index in [0.29, 0.717) is 27.2 Å². The normalized spacial score (nSPS) is 14.8. The lowest BCUT2D eigenvalue weighted by Gasteiger charge is -2.01. The molecule has 0 aromatic carbocycles. The summed E-state index contributed by atoms with van der Waals surface area (Å²) in [7, 11) is 0. The van der Waals surface area contributed by atoms with Crippen molar-refractivity contribution in [1.29, 1.82) is 5.26 Å². The lowest BCUT2D eigenvalue weighted by Crippen LogP contribution is -1.97. The minimum Gasteiger partial charge on any atom is -0.422 e. The highest BCUT2D eigenvalue weighted by Gasteiger charge is 2.29. The number of aromatic nitrogens is 2. The number of hydrogen-bond donors (Lipinski definition) is 2. The second kappa shape index (κ2) is 4.97. The van der Waals surface area contributed by atoms with Crippen molar-refractivity contribution in [3.8, 4) is 6.07 Å². The van der Waals surface area contributed by atoms with Crippen LogP contribution in [-0.4, -0.2) is 15.9 Å². The summed E-state index contributed by atoms with van der Waals surface area (Å²) in [4.78, 5) is 18.0. The first kappa shape index (κ1) is 14.3. The van der Waals surface area contributed by atoms with Crippen molar-refractivity contribution >= 4 is 30.0 Å². The summed E-state index contributed by atoms with van der Waals surface area (Å²) < 4.78 is 5.74. The molecule has 0 saturated heterocycles. The van der Waals surface area contributed by atoms with Gasteiger partial charge in [-0.2, -0.15) is 5.26 Å². The number of carbonyl (C=O) groups is 1. The van der Waals surface area contributed by atoms with E-state index in [-0.39, 0.29) is 0 Å². The van der Waals surface area contributed by atoms with Crippen LogP contribution in [0.4, 0.5) is 0 Å². The van der Waals surface area contributed by atoms with Gasteiger partial charge in [0, 0.05) is 22.5 Å². The number of cyclic esters (lactones) is 1. The number of ether oxygens (including phenoxy) is 1. The summed E-state index contributed by atoms with van der Waals surface area (Å²) in [5, 5.41) is 9.08. The first-order chi connectivity index (χ1) is 10.4. The van der Waals surface area contributed by atoms with E-state index in [2.05, 4.69) is 16.0 Å². The highest BCUT2D eigenvalue weighted by atomic mass is 32.1. The van der Waals surface area contributed by atoms with Gasteiger partial charge in [0.25, 0.3) is 0 Å². The van der Waals surface area contributed by atoms with E-state index in [1.165, 1.54) is 0 Å². The number of aryl methyl sites for hydroxylation is 2. The maximum absolute atomic E-state index is 12.0. The molecule has 0 amide bonds. The van der Waals surface area contributed by atoms with E-state index in [9.17, 15) is 4.79 Å². The van der Waals surface area contributed by atoms with Gasteiger partial charge < -0.3 is 14.7 Å². The molecule has 0 atom stereocenters. The maximum atomic E-state index is 12.0. The Morgan fingerprint density at radius 3 is 2.68 bits per heavy atom. The van der Waals surface area contributed by atoms with Gasteiger partial charge in [0.1, 0.15) is 27.7 Å². The van der Waals surface area contributed by atoms with Crippen molar-refractivity contribution in [2.24, 2.45) is 0 Å². The van der Waals surface area contributed by atoms with Gasteiger partial charge >= 0.3 is 5.97 Å². The van der Waals surface area contributed by atoms with Gasteiger partial charge in [0.05, 0.1) is 0 Å². The molecule has 1 aliphatic rings. The molecule has 0 unspecified atom stereocenters. The van der Waals surface area contributed by atoms with Gasteiger partial charge in [-0.1, -0.05) is 12.2 Å². The van der Waals surface area contributed by atoms with Crippen LogP contribution < -0.4 is 0 Å². The summed E-state index contributed by atoms with van der Waals surface area (Å²) in [6.45, 7) is 5.60. The first-order valence-electron chi connectivity index (χ1n) is 6.69. The number of nitrogens with zero attached hydrogens (tertiary/aromatic N) is 1. The van der Waals surface area contributed by atoms with Crippen LogP contribution in [0.5, 0.6) is 0 Å². The van der Waals surface area contributed by atoms with Gasteiger partial charge in [-0.3, -0.25) is 0 Å². The SMILES string of the molecule is Cc1cc2c(c(=S)[nH]1)C(=O)O/C2=C\c1c(C)[nH]c(C#N)c1C. The third kappa shape index (κ3) is 2.07. The molecule has 5 nitrogen and oxygen atoms in total. The van der Waals surface area contributed by atoms with E-state index in [4.69, 9.17) is 22.2 Å². The topological polar surface area (TPSA) is 81.7 Å². The van der Waals surface area contributed by atoms with E-state index >= 15 is 0 Å². The number of H-pyrrole nitrogens is 2. The predicted molar refractivity (Wildman–Crippen MR) is 84.6 cm³/mol. The minimum atomic E-state index is -0.450. The molecule has 22 heavy (non-hydrogen) atoms. The van der Waals surface area contributed by atoms with Crippen LogP contribution >= 0.6 is 12.2 Å². The number of aromatic amines is 2. The molecule has 3 heterocycles. The number of hydrogen-bond acceptors (Lipinski definition) is 4. The quantitative estimate of drug-likeness (QED) is 0.623. The van der Waals surface area contributed by atoms with Crippen molar-refractivity contribution in [2.45, 2.75) is 20.8 Å². The van der Waals surface area contributed by atoms with Crippen molar-refractivity contribution in [1.82, 2.24) is 9.97 Å². The Balaban J connectivity index is 2.22. The van der Waals surface area contributed by atoms with E-state index < -0.39 is 5.97 Å². The molecule has 0 spiro atoms. The number of rotatable bonds is 1. The van der Waals surface area contributed by atoms with Crippen molar-refractivity contribution < 1.29 is 9.53 Å². The molecular formula is C16H13N3O2S. The minimum absolute atomic E-state index is 0.378. The average Bonchev–Trinajstić information content (AvgIpc) is 2.90. The van der Waals surface area contributed by atoms with E-state index in [1.54, 1.807) is 6.08 Å². The second-order valence-corrected chi connectivity index (χ2v) is 5.65. The van der Waals surface area contributed by atoms with Crippen LogP contribution in [0.3, 0.4) is 0 Å². The van der Waals surface area contributed by atoms with Gasteiger partial charge in [-0.05, 0) is 38.5 Å². The second-order valence-electron chi connectivity index (χ2n) is 5.24. The summed E-state index contributed by atoms with van der Waals surface area (Å²) in [6.07, 6.45) is 1.78. The van der Waals surface area contributed by atoms with E-state index in [1.807, 2.05) is 26.8 Å². The lowest BCUT2D eigenvalue weighted by atomic mass is 10.1. The third-order valence-electron chi connectivity index (χ3n) is 3.72. The Bertz CT molecular complexity index is 942. The summed E-state index contributed by atoms with van der Waals surface area (Å²) in [5.74, 6) is 0.00624. The lowest BCUT2D eigenvalue weighted by molar-refractivity contribution is 0.0716. The largest absolute Gasteiger partial charge is 0.422 e. The Morgan fingerprint density at radius 2 is 2.05 bits per heavy atom. The van der Waals surface area contributed by atoms with Crippen LogP contribution in [0.1, 0.15) is 44.1 Å². The van der Waals surface area contributed by atoms with Crippen LogP contribution in [0, 0.1) is 36.7 Å². The van der Waals surface area contributed by atoms with Crippen LogP contribution in [0.15, 0.2) is 6.07 Å². The molecule has 0 bridgehead atoms. The average molecular weight is 311 g/mol. The molecule has 0 fully saturated rings. The summed E-state index contributed by atoms with van der Waals surface area (Å²) >= 11 is 5.20. The zero-order valence-corrected chi connectivity index (χ0v) is 13.1. The van der Waals surface area contributed by atoms with Crippen LogP contribution in [-0.2, 0) is 4.74 Å². The molecule has 1 aliphatic heterocycles. The Kier molecular flexibility index (Phi) is 3.23. The van der Waals surface area contributed by atoms with Gasteiger partial charge in [-0.15, -0.1) is 0 Å². The standard InChI is InChI=1S/C16H13N3O2S/c1-7-4-11-13(21-16(20)14(11)15(22)18-7)5-10-8(2)12(6-17)19-9(10)3/h4-5,19H,1-3H3,(H,18,22)/b13-5-. The molecule has 3 rings (SSSR count). The summed E-state index contributed by atoms with van der Waals surface area (Å²) in [6, 6.07) is 3.95. The third-order valence-corrected chi connectivity index (χ3v) is 4.03. The number of nitriles is 1. The number of esters is 1. The predicted octanol–water partition coefficient (Wildman–Crippen LogP) is 3.54. The molecule has 2 aromatic rings. The fourth-order valence-corrected chi connectivity index (χ4v) is 2.98. The van der Waals surface area contributed by atoms with E-state index in [0.717, 1.165) is 22.5 Å². The van der Waals surface area contributed by atoms with Gasteiger partial charge in [0.2, 0.25) is 0 Å². The number of fused-ring (bicyclic) bond motifs is 1. The zero-order valence-electron chi connectivity index (χ0n) is 12.3. The molecule has 0 radical (unpaired) electrons. The molecule has 0 saturated carbocycles. The summed E-state index contributed by atoms with van der Waals surface area (Å²) in [5.41, 5.74) is 4.97. The maximum Gasteiger partial charge on any atom is 0.347 e. The molecular weight excluding hydrogens is 298 g/mol. The fourth-order valence-electron chi connectivity index (χ4n) is 2.62. The van der Waals surface area contributed by atoms with Crippen LogP contribution in [0.2, 0.25) is 0 Å². The number of pyridine rings is 1. The molecule has 6 heteroatoms. The Labute approximate surface area is 132 Å². The molecule has 110 valence electrons. The zero-order chi connectivity index (χ0) is 16.0. The Hall–Kier alpha value is -2.65. The van der Waals surface area contributed by atoms with Crippen LogP contribution in [0.25, 0.3) is 11.8 Å². The highest BCUT2D eigenvalue weighted by molar-refractivity contribution is 7.71. The molecule has 2 aromatic heterocycles. The van der Waals surface area contributed by atoms with Crippen molar-refractivity contribution in [2.75, 3.05) is 0 Å². The fraction of sp³-hybridized carbons (Fsp3) is 0.188. The van der Waals surface area contributed by atoms with Crippen molar-refractivity contribution in [3.05, 3.63) is 50.0 Å². The number of carbonyl (C=O) groups excluding carboxylic acids is 1. The van der Waals surface area contributed by atoms with Gasteiger partial charge in [0.15, 0.2) is 0 Å². The van der Waals surface area contributed by atoms with Crippen molar-refractivity contribution in [3.63, 3.8) is 0 Å². The highest BCUT2D eigenvalue weighted by Crippen LogP contribution is 2.33. The molecule has 2 N–H and O–H groups in total. The first-order valence-corrected chi connectivity index (χ1v) is 7.10. The monoisotopic (exact) mass is 311 g/mol. The number of nitrogens with one attached hydrogen (secondary N) is 2. The Morgan fingerprint density at radius 1 is 1.32 bits per heavy atom.